The fourth-order valence-corrected chi connectivity index (χ4v) is 2.13. The molecule has 0 amide bonds. The van der Waals surface area contributed by atoms with E-state index in [0.29, 0.717) is 11.8 Å². The van der Waals surface area contributed by atoms with Crippen molar-refractivity contribution in [3.05, 3.63) is 27.9 Å². The highest BCUT2D eigenvalue weighted by atomic mass is 16.1. The molecule has 16 heavy (non-hydrogen) atoms. The molecule has 1 aliphatic rings. The van der Waals surface area contributed by atoms with Gasteiger partial charge in [-0.05, 0) is 43.8 Å². The number of rotatable bonds is 3. The molecule has 1 aromatic rings. The van der Waals surface area contributed by atoms with Crippen LogP contribution < -0.4 is 11.0 Å². The third-order valence-electron chi connectivity index (χ3n) is 3.08. The van der Waals surface area contributed by atoms with Crippen LogP contribution in [-0.2, 0) is 6.42 Å². The Bertz CT molecular complexity index is 405. The standard InChI is InChI=1S/C12H19N3O/c1-8(2)11-6-10(14-12(16)15-11)5-9-3-4-13-7-9/h6,8-9,13H,3-5,7H2,1-2H3,(H,14,15,16). The van der Waals surface area contributed by atoms with Gasteiger partial charge in [0.05, 0.1) is 5.69 Å². The lowest BCUT2D eigenvalue weighted by atomic mass is 10.0. The normalized spacial score (nSPS) is 20.6. The summed E-state index contributed by atoms with van der Waals surface area (Å²) in [7, 11) is 0. The lowest BCUT2D eigenvalue weighted by molar-refractivity contribution is 0.568. The molecule has 1 unspecified atom stereocenters. The van der Waals surface area contributed by atoms with E-state index in [1.807, 2.05) is 6.07 Å². The van der Waals surface area contributed by atoms with E-state index in [1.165, 1.54) is 6.42 Å². The highest BCUT2D eigenvalue weighted by molar-refractivity contribution is 5.12. The molecule has 1 aromatic heterocycles. The highest BCUT2D eigenvalue weighted by Crippen LogP contribution is 2.15. The van der Waals surface area contributed by atoms with Gasteiger partial charge in [0.15, 0.2) is 0 Å². The Kier molecular flexibility index (Phi) is 3.39. The minimum absolute atomic E-state index is 0.216. The van der Waals surface area contributed by atoms with Crippen molar-refractivity contribution in [2.75, 3.05) is 13.1 Å². The van der Waals surface area contributed by atoms with Crippen LogP contribution in [0.2, 0.25) is 0 Å². The van der Waals surface area contributed by atoms with Gasteiger partial charge in [0.2, 0.25) is 0 Å². The Labute approximate surface area is 95.5 Å². The first kappa shape index (κ1) is 11.3. The molecule has 1 saturated heterocycles. The second kappa shape index (κ2) is 4.78. The predicted molar refractivity (Wildman–Crippen MR) is 63.6 cm³/mol. The second-order valence-corrected chi connectivity index (χ2v) is 4.85. The third-order valence-corrected chi connectivity index (χ3v) is 3.08. The van der Waals surface area contributed by atoms with E-state index >= 15 is 0 Å². The maximum atomic E-state index is 11.4. The Hall–Kier alpha value is -1.16. The molecule has 2 heterocycles. The molecule has 0 bridgehead atoms. The molecule has 0 saturated carbocycles. The first-order valence-corrected chi connectivity index (χ1v) is 5.96. The molecule has 88 valence electrons. The Morgan fingerprint density at radius 3 is 3.00 bits per heavy atom. The van der Waals surface area contributed by atoms with Crippen LogP contribution in [0, 0.1) is 5.92 Å². The average molecular weight is 221 g/mol. The molecule has 2 N–H and O–H groups in total. The molecule has 1 aliphatic heterocycles. The third kappa shape index (κ3) is 2.70. The van der Waals surface area contributed by atoms with Crippen LogP contribution in [0.1, 0.15) is 37.6 Å². The van der Waals surface area contributed by atoms with Crippen LogP contribution in [-0.4, -0.2) is 23.1 Å². The number of H-pyrrole nitrogens is 1. The largest absolute Gasteiger partial charge is 0.345 e. The summed E-state index contributed by atoms with van der Waals surface area (Å²) in [6, 6.07) is 2.03. The molecule has 4 nitrogen and oxygen atoms in total. The summed E-state index contributed by atoms with van der Waals surface area (Å²) in [5.74, 6) is 0.959. The van der Waals surface area contributed by atoms with Gasteiger partial charge in [-0.25, -0.2) is 4.79 Å². The molecule has 1 atom stereocenters. The van der Waals surface area contributed by atoms with E-state index in [-0.39, 0.29) is 5.69 Å². The summed E-state index contributed by atoms with van der Waals surface area (Å²) in [4.78, 5) is 18.2. The van der Waals surface area contributed by atoms with Crippen LogP contribution in [0.15, 0.2) is 10.9 Å². The fraction of sp³-hybridized carbons (Fsp3) is 0.667. The van der Waals surface area contributed by atoms with Crippen LogP contribution in [0.5, 0.6) is 0 Å². The molecule has 2 rings (SSSR count). The zero-order valence-corrected chi connectivity index (χ0v) is 9.92. The minimum atomic E-state index is -0.216. The minimum Gasteiger partial charge on any atom is -0.316 e. The van der Waals surface area contributed by atoms with E-state index < -0.39 is 0 Å². The Balaban J connectivity index is 2.16. The number of nitrogens with one attached hydrogen (secondary N) is 2. The molecule has 0 aromatic carbocycles. The maximum Gasteiger partial charge on any atom is 0.345 e. The van der Waals surface area contributed by atoms with Crippen LogP contribution in [0.25, 0.3) is 0 Å². The quantitative estimate of drug-likeness (QED) is 0.802. The summed E-state index contributed by atoms with van der Waals surface area (Å²) < 4.78 is 0. The molecule has 0 aliphatic carbocycles. The zero-order chi connectivity index (χ0) is 11.5. The molecular weight excluding hydrogens is 202 g/mol. The summed E-state index contributed by atoms with van der Waals surface area (Å²) in [5, 5.41) is 3.34. The summed E-state index contributed by atoms with van der Waals surface area (Å²) in [5.41, 5.74) is 1.70. The zero-order valence-electron chi connectivity index (χ0n) is 9.92. The Morgan fingerprint density at radius 1 is 1.56 bits per heavy atom. The fourth-order valence-electron chi connectivity index (χ4n) is 2.13. The monoisotopic (exact) mass is 221 g/mol. The Morgan fingerprint density at radius 2 is 2.38 bits per heavy atom. The SMILES string of the molecule is CC(C)c1cc(CC2CCNC2)[nH]c(=O)n1. The van der Waals surface area contributed by atoms with E-state index in [9.17, 15) is 4.79 Å². The average Bonchev–Trinajstić information content (AvgIpc) is 2.69. The molecule has 0 spiro atoms. The maximum absolute atomic E-state index is 11.4. The van der Waals surface area contributed by atoms with Gasteiger partial charge in [-0.1, -0.05) is 13.8 Å². The predicted octanol–water partition coefficient (Wildman–Crippen LogP) is 1.05. The van der Waals surface area contributed by atoms with E-state index in [0.717, 1.165) is 30.9 Å². The first-order valence-electron chi connectivity index (χ1n) is 5.96. The van der Waals surface area contributed by atoms with Crippen LogP contribution in [0.3, 0.4) is 0 Å². The summed E-state index contributed by atoms with van der Waals surface area (Å²) >= 11 is 0. The lowest BCUT2D eigenvalue weighted by Gasteiger charge is -2.10. The van der Waals surface area contributed by atoms with Crippen molar-refractivity contribution in [3.8, 4) is 0 Å². The van der Waals surface area contributed by atoms with Gasteiger partial charge in [-0.15, -0.1) is 0 Å². The number of aromatic nitrogens is 2. The van der Waals surface area contributed by atoms with Gasteiger partial charge < -0.3 is 10.3 Å². The van der Waals surface area contributed by atoms with Crippen molar-refractivity contribution in [2.45, 2.75) is 32.6 Å². The number of nitrogens with zero attached hydrogens (tertiary/aromatic N) is 1. The van der Waals surface area contributed by atoms with Crippen molar-refractivity contribution in [1.82, 2.24) is 15.3 Å². The van der Waals surface area contributed by atoms with Gasteiger partial charge in [-0.3, -0.25) is 0 Å². The van der Waals surface area contributed by atoms with E-state index in [4.69, 9.17) is 0 Å². The summed E-state index contributed by atoms with van der Waals surface area (Å²) in [6.07, 6.45) is 2.14. The highest BCUT2D eigenvalue weighted by Gasteiger charge is 2.16. The van der Waals surface area contributed by atoms with Gasteiger partial charge in [-0.2, -0.15) is 4.98 Å². The number of hydrogen-bond acceptors (Lipinski definition) is 3. The van der Waals surface area contributed by atoms with Gasteiger partial charge in [0, 0.05) is 5.69 Å². The number of aromatic amines is 1. The van der Waals surface area contributed by atoms with E-state index in [1.54, 1.807) is 0 Å². The van der Waals surface area contributed by atoms with Crippen molar-refractivity contribution in [1.29, 1.82) is 0 Å². The van der Waals surface area contributed by atoms with Crippen molar-refractivity contribution < 1.29 is 0 Å². The topological polar surface area (TPSA) is 57.8 Å². The van der Waals surface area contributed by atoms with E-state index in [2.05, 4.69) is 29.1 Å². The first-order chi connectivity index (χ1) is 7.65. The lowest BCUT2D eigenvalue weighted by Crippen LogP contribution is -2.18. The smallest absolute Gasteiger partial charge is 0.316 e. The molecular formula is C12H19N3O. The van der Waals surface area contributed by atoms with Crippen LogP contribution >= 0.6 is 0 Å². The van der Waals surface area contributed by atoms with Gasteiger partial charge >= 0.3 is 5.69 Å². The van der Waals surface area contributed by atoms with Crippen LogP contribution in [0.4, 0.5) is 0 Å². The van der Waals surface area contributed by atoms with Crippen molar-refractivity contribution in [2.24, 2.45) is 5.92 Å². The number of hydrogen-bond donors (Lipinski definition) is 2. The van der Waals surface area contributed by atoms with Crippen molar-refractivity contribution >= 4 is 0 Å². The second-order valence-electron chi connectivity index (χ2n) is 4.85. The molecule has 4 heteroatoms. The molecule has 0 radical (unpaired) electrons. The molecule has 1 fully saturated rings. The summed E-state index contributed by atoms with van der Waals surface area (Å²) in [6.45, 7) is 6.27. The van der Waals surface area contributed by atoms with Gasteiger partial charge in [0.25, 0.3) is 0 Å². The van der Waals surface area contributed by atoms with Crippen molar-refractivity contribution in [3.63, 3.8) is 0 Å². The van der Waals surface area contributed by atoms with Gasteiger partial charge in [0.1, 0.15) is 0 Å².